The fraction of sp³-hybridized carbons (Fsp3) is 0.538. The van der Waals surface area contributed by atoms with Gasteiger partial charge in [-0.05, 0) is 41.8 Å². The van der Waals surface area contributed by atoms with Crippen molar-refractivity contribution in [2.75, 3.05) is 13.1 Å². The summed E-state index contributed by atoms with van der Waals surface area (Å²) in [5, 5.41) is 0. The molecule has 1 amide bonds. The molecule has 0 aromatic carbocycles. The number of alkyl halides is 3. The zero-order valence-electron chi connectivity index (χ0n) is 10.9. The first kappa shape index (κ1) is 15.3. The van der Waals surface area contributed by atoms with E-state index in [4.69, 9.17) is 0 Å². The van der Waals surface area contributed by atoms with Crippen molar-refractivity contribution in [3.8, 4) is 0 Å². The molecule has 20 heavy (non-hydrogen) atoms. The number of piperidine rings is 1. The monoisotopic (exact) mass is 350 g/mol. The number of aromatic nitrogens is 1. The zero-order valence-corrected chi connectivity index (χ0v) is 12.5. The molecule has 1 unspecified atom stereocenters. The maximum absolute atomic E-state index is 12.8. The van der Waals surface area contributed by atoms with Crippen molar-refractivity contribution in [1.29, 1.82) is 0 Å². The molecule has 1 aromatic heterocycles. The highest BCUT2D eigenvalue weighted by Gasteiger charge is 2.42. The highest BCUT2D eigenvalue weighted by molar-refractivity contribution is 9.10. The molecule has 0 radical (unpaired) electrons. The molecule has 2 heterocycles. The molecule has 110 valence electrons. The Hall–Kier alpha value is -1.11. The predicted molar refractivity (Wildman–Crippen MR) is 71.4 cm³/mol. The van der Waals surface area contributed by atoms with Crippen LogP contribution in [0, 0.1) is 12.8 Å². The number of amides is 1. The van der Waals surface area contributed by atoms with E-state index in [-0.39, 0.29) is 18.9 Å². The van der Waals surface area contributed by atoms with E-state index >= 15 is 0 Å². The molecular weight excluding hydrogens is 337 g/mol. The maximum atomic E-state index is 12.8. The van der Waals surface area contributed by atoms with Crippen LogP contribution in [0.2, 0.25) is 0 Å². The smallest absolute Gasteiger partial charge is 0.338 e. The third-order valence-corrected chi connectivity index (χ3v) is 3.89. The van der Waals surface area contributed by atoms with E-state index in [1.54, 1.807) is 19.2 Å². The Bertz CT molecular complexity index is 519. The summed E-state index contributed by atoms with van der Waals surface area (Å²) >= 11 is 3.22. The first-order valence-electron chi connectivity index (χ1n) is 6.27. The van der Waals surface area contributed by atoms with Crippen LogP contribution in [0.1, 0.15) is 28.9 Å². The SMILES string of the molecule is Cc1ncc(Br)cc1C(=O)N1CCCC(C(F)(F)F)C1. The van der Waals surface area contributed by atoms with Gasteiger partial charge in [-0.1, -0.05) is 0 Å². The van der Waals surface area contributed by atoms with Crippen LogP contribution in [-0.2, 0) is 0 Å². The topological polar surface area (TPSA) is 33.2 Å². The van der Waals surface area contributed by atoms with Gasteiger partial charge in [-0.15, -0.1) is 0 Å². The van der Waals surface area contributed by atoms with E-state index in [9.17, 15) is 18.0 Å². The second-order valence-electron chi connectivity index (χ2n) is 4.92. The third kappa shape index (κ3) is 3.31. The number of hydrogen-bond donors (Lipinski definition) is 0. The van der Waals surface area contributed by atoms with Crippen LogP contribution >= 0.6 is 15.9 Å². The molecule has 3 nitrogen and oxygen atoms in total. The number of carbonyl (C=O) groups is 1. The van der Waals surface area contributed by atoms with Crippen molar-refractivity contribution in [1.82, 2.24) is 9.88 Å². The van der Waals surface area contributed by atoms with Gasteiger partial charge in [-0.3, -0.25) is 9.78 Å². The minimum absolute atomic E-state index is 0.0863. The summed E-state index contributed by atoms with van der Waals surface area (Å²) in [6.45, 7) is 1.76. The molecule has 1 aliphatic rings. The summed E-state index contributed by atoms with van der Waals surface area (Å²) in [7, 11) is 0. The summed E-state index contributed by atoms with van der Waals surface area (Å²) in [6, 6.07) is 1.60. The van der Waals surface area contributed by atoms with E-state index in [0.717, 1.165) is 0 Å². The average molecular weight is 351 g/mol. The summed E-state index contributed by atoms with van der Waals surface area (Å²) < 4.78 is 38.9. The molecule has 1 aliphatic heterocycles. The Labute approximate surface area is 123 Å². The first-order chi connectivity index (χ1) is 9.29. The largest absolute Gasteiger partial charge is 0.393 e. The second-order valence-corrected chi connectivity index (χ2v) is 5.83. The quantitative estimate of drug-likeness (QED) is 0.775. The molecule has 0 bridgehead atoms. The van der Waals surface area contributed by atoms with Crippen molar-refractivity contribution in [3.63, 3.8) is 0 Å². The van der Waals surface area contributed by atoms with Crippen LogP contribution in [0.4, 0.5) is 13.2 Å². The van der Waals surface area contributed by atoms with Crippen molar-refractivity contribution >= 4 is 21.8 Å². The van der Waals surface area contributed by atoms with E-state index in [0.29, 0.717) is 28.7 Å². The normalized spacial score (nSPS) is 20.1. The van der Waals surface area contributed by atoms with E-state index in [1.165, 1.54) is 4.90 Å². The highest BCUT2D eigenvalue weighted by Crippen LogP contribution is 2.33. The van der Waals surface area contributed by atoms with Crippen molar-refractivity contribution in [2.24, 2.45) is 5.92 Å². The molecule has 1 fully saturated rings. The molecular formula is C13H14BrF3N2O. The average Bonchev–Trinajstić information content (AvgIpc) is 2.40. The molecule has 1 saturated heterocycles. The molecule has 1 aromatic rings. The molecule has 1 atom stereocenters. The number of halogens is 4. The maximum Gasteiger partial charge on any atom is 0.393 e. The Morgan fingerprint density at radius 2 is 2.20 bits per heavy atom. The van der Waals surface area contributed by atoms with Gasteiger partial charge < -0.3 is 4.90 Å². The van der Waals surface area contributed by atoms with Gasteiger partial charge in [0.25, 0.3) is 5.91 Å². The van der Waals surface area contributed by atoms with Crippen LogP contribution < -0.4 is 0 Å². The van der Waals surface area contributed by atoms with Crippen LogP contribution in [0.3, 0.4) is 0 Å². The predicted octanol–water partition coefficient (Wildman–Crippen LogP) is 3.57. The Morgan fingerprint density at radius 3 is 2.85 bits per heavy atom. The van der Waals surface area contributed by atoms with E-state index < -0.39 is 12.1 Å². The lowest BCUT2D eigenvalue weighted by Crippen LogP contribution is -2.44. The van der Waals surface area contributed by atoms with Gasteiger partial charge in [-0.25, -0.2) is 0 Å². The Morgan fingerprint density at radius 1 is 1.50 bits per heavy atom. The third-order valence-electron chi connectivity index (χ3n) is 3.46. The minimum atomic E-state index is -4.25. The first-order valence-corrected chi connectivity index (χ1v) is 7.06. The van der Waals surface area contributed by atoms with Gasteiger partial charge in [0.05, 0.1) is 17.2 Å². The molecule has 0 spiro atoms. The zero-order chi connectivity index (χ0) is 14.9. The molecule has 0 saturated carbocycles. The lowest BCUT2D eigenvalue weighted by atomic mass is 9.97. The van der Waals surface area contributed by atoms with Crippen LogP contribution in [-0.4, -0.2) is 35.1 Å². The molecule has 0 N–H and O–H groups in total. The van der Waals surface area contributed by atoms with Crippen LogP contribution in [0.15, 0.2) is 16.7 Å². The van der Waals surface area contributed by atoms with E-state index in [1.807, 2.05) is 0 Å². The highest BCUT2D eigenvalue weighted by atomic mass is 79.9. The number of likely N-dealkylation sites (tertiary alicyclic amines) is 1. The van der Waals surface area contributed by atoms with Crippen molar-refractivity contribution in [3.05, 3.63) is 28.0 Å². The number of pyridine rings is 1. The fourth-order valence-electron chi connectivity index (χ4n) is 2.32. The number of nitrogens with zero attached hydrogens (tertiary/aromatic N) is 2. The molecule has 7 heteroatoms. The van der Waals surface area contributed by atoms with Gasteiger partial charge in [0, 0.05) is 23.8 Å². The van der Waals surface area contributed by atoms with Gasteiger partial charge >= 0.3 is 6.18 Å². The summed E-state index contributed by atoms with van der Waals surface area (Å²) in [4.78, 5) is 17.7. The van der Waals surface area contributed by atoms with Gasteiger partial charge in [-0.2, -0.15) is 13.2 Å². The number of hydrogen-bond acceptors (Lipinski definition) is 2. The van der Waals surface area contributed by atoms with Crippen LogP contribution in [0.5, 0.6) is 0 Å². The molecule has 2 rings (SSSR count). The fourth-order valence-corrected chi connectivity index (χ4v) is 2.65. The second kappa shape index (κ2) is 5.71. The number of aryl methyl sites for hydroxylation is 1. The van der Waals surface area contributed by atoms with Gasteiger partial charge in [0.15, 0.2) is 0 Å². The van der Waals surface area contributed by atoms with Crippen molar-refractivity contribution < 1.29 is 18.0 Å². The molecule has 0 aliphatic carbocycles. The Balaban J connectivity index is 2.18. The van der Waals surface area contributed by atoms with Crippen molar-refractivity contribution in [2.45, 2.75) is 25.9 Å². The lowest BCUT2D eigenvalue weighted by molar-refractivity contribution is -0.184. The van der Waals surface area contributed by atoms with Crippen LogP contribution in [0.25, 0.3) is 0 Å². The summed E-state index contributed by atoms with van der Waals surface area (Å²) in [5.41, 5.74) is 0.870. The number of rotatable bonds is 1. The van der Waals surface area contributed by atoms with Gasteiger partial charge in [0.1, 0.15) is 0 Å². The van der Waals surface area contributed by atoms with Gasteiger partial charge in [0.2, 0.25) is 0 Å². The Kier molecular flexibility index (Phi) is 4.36. The standard InChI is InChI=1S/C13H14BrF3N2O/c1-8-11(5-10(14)6-18-8)12(20)19-4-2-3-9(7-19)13(15,16)17/h5-6,9H,2-4,7H2,1H3. The van der Waals surface area contributed by atoms with E-state index in [2.05, 4.69) is 20.9 Å². The summed E-state index contributed by atoms with van der Waals surface area (Å²) in [6.07, 6.45) is -2.23. The minimum Gasteiger partial charge on any atom is -0.338 e. The number of carbonyl (C=O) groups excluding carboxylic acids is 1. The summed E-state index contributed by atoms with van der Waals surface area (Å²) in [5.74, 6) is -1.81. The lowest BCUT2D eigenvalue weighted by Gasteiger charge is -2.34.